The van der Waals surface area contributed by atoms with E-state index in [0.29, 0.717) is 5.75 Å². The minimum absolute atomic E-state index is 0.00652. The first-order valence-corrected chi connectivity index (χ1v) is 8.61. The lowest BCUT2D eigenvalue weighted by molar-refractivity contribution is 0.0950. The van der Waals surface area contributed by atoms with Gasteiger partial charge in [0.05, 0.1) is 17.0 Å². The maximum Gasteiger partial charge on any atom is 0.252 e. The summed E-state index contributed by atoms with van der Waals surface area (Å²) >= 11 is 1.59. The second-order valence-electron chi connectivity index (χ2n) is 5.18. The molecular formula is C17H22N2O2S. The number of aryl methyl sites for hydroxylation is 1. The molecule has 0 saturated heterocycles. The molecule has 0 saturated carbocycles. The molecule has 5 heteroatoms. The van der Waals surface area contributed by atoms with Crippen LogP contribution < -0.4 is 5.32 Å². The van der Waals surface area contributed by atoms with E-state index < -0.39 is 0 Å². The summed E-state index contributed by atoms with van der Waals surface area (Å²) in [5, 5.41) is 6.87. The third-order valence-electron chi connectivity index (χ3n) is 3.24. The highest BCUT2D eigenvalue weighted by Gasteiger charge is 2.11. The smallest absolute Gasteiger partial charge is 0.252 e. The van der Waals surface area contributed by atoms with Crippen LogP contribution in [0.25, 0.3) is 0 Å². The van der Waals surface area contributed by atoms with Gasteiger partial charge in [-0.2, -0.15) is 0 Å². The zero-order valence-electron chi connectivity index (χ0n) is 13.1. The third-order valence-corrected chi connectivity index (χ3v) is 4.34. The molecule has 0 aliphatic carbocycles. The number of unbranched alkanes of at least 4 members (excludes halogenated alkanes) is 2. The van der Waals surface area contributed by atoms with Crippen LogP contribution in [0, 0.1) is 6.92 Å². The number of hydrogen-bond acceptors (Lipinski definition) is 4. The van der Waals surface area contributed by atoms with Crippen molar-refractivity contribution in [2.75, 3.05) is 6.54 Å². The lowest BCUT2D eigenvalue weighted by atomic mass is 10.2. The molecule has 0 radical (unpaired) electrons. The Bertz CT molecular complexity index is 610. The van der Waals surface area contributed by atoms with E-state index in [-0.39, 0.29) is 5.91 Å². The van der Waals surface area contributed by atoms with Gasteiger partial charge in [-0.1, -0.05) is 37.1 Å². The van der Waals surface area contributed by atoms with E-state index in [9.17, 15) is 4.79 Å². The summed E-state index contributed by atoms with van der Waals surface area (Å²) < 4.78 is 5.21. The first kappa shape index (κ1) is 16.6. The third kappa shape index (κ3) is 4.91. The molecule has 4 nitrogen and oxygen atoms in total. The fourth-order valence-electron chi connectivity index (χ4n) is 2.09. The highest BCUT2D eigenvalue weighted by molar-refractivity contribution is 7.98. The van der Waals surface area contributed by atoms with Gasteiger partial charge in [0.2, 0.25) is 0 Å². The van der Waals surface area contributed by atoms with Crippen LogP contribution in [0.3, 0.4) is 0 Å². The highest BCUT2D eigenvalue weighted by atomic mass is 32.2. The predicted molar refractivity (Wildman–Crippen MR) is 89.1 cm³/mol. The standard InChI is InChI=1S/C17H22N2O2S/c1-3-4-7-10-18-17(20)15-8-5-6-9-16(15)22-12-14-11-13(2)19-21-14/h5-6,8-9,11H,3-4,7,10,12H2,1-2H3,(H,18,20). The molecule has 118 valence electrons. The molecule has 1 N–H and O–H groups in total. The average Bonchev–Trinajstić information content (AvgIpc) is 2.95. The molecule has 0 atom stereocenters. The molecule has 1 aromatic carbocycles. The fourth-order valence-corrected chi connectivity index (χ4v) is 3.01. The zero-order valence-corrected chi connectivity index (χ0v) is 13.9. The molecule has 0 unspecified atom stereocenters. The topological polar surface area (TPSA) is 55.1 Å². The number of amides is 1. The van der Waals surface area contributed by atoms with Gasteiger partial charge in [0.15, 0.2) is 0 Å². The quantitative estimate of drug-likeness (QED) is 0.585. The van der Waals surface area contributed by atoms with Crippen LogP contribution in [-0.2, 0) is 5.75 Å². The largest absolute Gasteiger partial charge is 0.360 e. The molecule has 0 aliphatic rings. The Morgan fingerprint density at radius 3 is 2.86 bits per heavy atom. The summed E-state index contributed by atoms with van der Waals surface area (Å²) in [4.78, 5) is 13.2. The molecule has 0 bridgehead atoms. The fraction of sp³-hybridized carbons (Fsp3) is 0.412. The monoisotopic (exact) mass is 318 g/mol. The maximum atomic E-state index is 12.3. The summed E-state index contributed by atoms with van der Waals surface area (Å²) in [7, 11) is 0. The van der Waals surface area contributed by atoms with Crippen molar-refractivity contribution in [3.63, 3.8) is 0 Å². The van der Waals surface area contributed by atoms with Crippen LogP contribution in [0.4, 0.5) is 0 Å². The normalized spacial score (nSPS) is 10.6. The van der Waals surface area contributed by atoms with Crippen LogP contribution in [0.5, 0.6) is 0 Å². The minimum atomic E-state index is -0.00652. The van der Waals surface area contributed by atoms with Gasteiger partial charge in [-0.3, -0.25) is 4.79 Å². The van der Waals surface area contributed by atoms with Gasteiger partial charge in [0, 0.05) is 17.5 Å². The number of thioether (sulfide) groups is 1. The van der Waals surface area contributed by atoms with Gasteiger partial charge < -0.3 is 9.84 Å². The number of nitrogens with one attached hydrogen (secondary N) is 1. The Labute approximate surface area is 135 Å². The summed E-state index contributed by atoms with van der Waals surface area (Å²) in [6.45, 7) is 4.78. The molecular weight excluding hydrogens is 296 g/mol. The molecule has 0 aliphatic heterocycles. The summed E-state index contributed by atoms with van der Waals surface area (Å²) in [6.07, 6.45) is 3.31. The van der Waals surface area contributed by atoms with E-state index in [1.54, 1.807) is 11.8 Å². The number of rotatable bonds is 8. The Balaban J connectivity index is 1.95. The van der Waals surface area contributed by atoms with Crippen LogP contribution in [0.15, 0.2) is 39.8 Å². The maximum absolute atomic E-state index is 12.3. The average molecular weight is 318 g/mol. The Morgan fingerprint density at radius 1 is 1.32 bits per heavy atom. The van der Waals surface area contributed by atoms with Crippen molar-refractivity contribution in [2.45, 2.75) is 43.8 Å². The molecule has 0 fully saturated rings. The van der Waals surface area contributed by atoms with Crippen LogP contribution in [-0.4, -0.2) is 17.6 Å². The van der Waals surface area contributed by atoms with Crippen LogP contribution >= 0.6 is 11.8 Å². The van der Waals surface area contributed by atoms with Gasteiger partial charge >= 0.3 is 0 Å². The molecule has 1 amide bonds. The van der Waals surface area contributed by atoms with E-state index in [1.165, 1.54) is 0 Å². The Morgan fingerprint density at radius 2 is 2.14 bits per heavy atom. The lowest BCUT2D eigenvalue weighted by Gasteiger charge is -2.09. The summed E-state index contributed by atoms with van der Waals surface area (Å²) in [5.74, 6) is 1.48. The lowest BCUT2D eigenvalue weighted by Crippen LogP contribution is -2.24. The number of aromatic nitrogens is 1. The van der Waals surface area contributed by atoms with Gasteiger partial charge in [0.1, 0.15) is 5.76 Å². The van der Waals surface area contributed by atoms with Crippen molar-refractivity contribution >= 4 is 17.7 Å². The number of nitrogens with zero attached hydrogens (tertiary/aromatic N) is 1. The van der Waals surface area contributed by atoms with Gasteiger partial charge in [-0.15, -0.1) is 11.8 Å². The zero-order chi connectivity index (χ0) is 15.8. The van der Waals surface area contributed by atoms with E-state index in [1.807, 2.05) is 37.3 Å². The second kappa shape index (κ2) is 8.63. The van der Waals surface area contributed by atoms with Gasteiger partial charge in [-0.25, -0.2) is 0 Å². The minimum Gasteiger partial charge on any atom is -0.360 e. The summed E-state index contributed by atoms with van der Waals surface area (Å²) in [5.41, 5.74) is 1.60. The van der Waals surface area contributed by atoms with Crippen molar-refractivity contribution in [3.05, 3.63) is 47.3 Å². The first-order chi connectivity index (χ1) is 10.7. The van der Waals surface area contributed by atoms with Crippen LogP contribution in [0.2, 0.25) is 0 Å². The van der Waals surface area contributed by atoms with Crippen molar-refractivity contribution in [1.82, 2.24) is 10.5 Å². The van der Waals surface area contributed by atoms with Crippen molar-refractivity contribution in [2.24, 2.45) is 0 Å². The molecule has 1 heterocycles. The van der Waals surface area contributed by atoms with E-state index in [2.05, 4.69) is 17.4 Å². The Kier molecular flexibility index (Phi) is 6.52. The predicted octanol–water partition coefficient (Wildman–Crippen LogP) is 4.20. The molecule has 2 aromatic rings. The van der Waals surface area contributed by atoms with E-state index in [4.69, 9.17) is 4.52 Å². The number of carbonyl (C=O) groups excluding carboxylic acids is 1. The molecule has 0 spiro atoms. The number of carbonyl (C=O) groups is 1. The van der Waals surface area contributed by atoms with E-state index in [0.717, 1.165) is 47.7 Å². The van der Waals surface area contributed by atoms with Crippen molar-refractivity contribution in [3.8, 4) is 0 Å². The van der Waals surface area contributed by atoms with Crippen molar-refractivity contribution < 1.29 is 9.32 Å². The van der Waals surface area contributed by atoms with Gasteiger partial charge in [-0.05, 0) is 25.5 Å². The molecule has 22 heavy (non-hydrogen) atoms. The SMILES string of the molecule is CCCCCNC(=O)c1ccccc1SCc1cc(C)no1. The van der Waals surface area contributed by atoms with Crippen LogP contribution in [0.1, 0.15) is 48.0 Å². The van der Waals surface area contributed by atoms with Gasteiger partial charge in [0.25, 0.3) is 5.91 Å². The summed E-state index contributed by atoms with van der Waals surface area (Å²) in [6, 6.07) is 9.59. The Hall–Kier alpha value is -1.75. The highest BCUT2D eigenvalue weighted by Crippen LogP contribution is 2.26. The van der Waals surface area contributed by atoms with Crippen molar-refractivity contribution in [1.29, 1.82) is 0 Å². The first-order valence-electron chi connectivity index (χ1n) is 7.63. The number of benzene rings is 1. The molecule has 1 aromatic heterocycles. The number of hydrogen-bond donors (Lipinski definition) is 1. The second-order valence-corrected chi connectivity index (χ2v) is 6.20. The molecule has 2 rings (SSSR count). The van der Waals surface area contributed by atoms with E-state index >= 15 is 0 Å².